The van der Waals surface area contributed by atoms with Crippen molar-refractivity contribution < 1.29 is 17.9 Å². The third-order valence-corrected chi connectivity index (χ3v) is 7.33. The predicted octanol–water partition coefficient (Wildman–Crippen LogP) is 6.50. The van der Waals surface area contributed by atoms with Gasteiger partial charge in [0, 0.05) is 0 Å². The van der Waals surface area contributed by atoms with Crippen LogP contribution in [0.1, 0.15) is 75.4 Å². The Kier molecular flexibility index (Phi) is 6.98. The Hall–Kier alpha value is -2.70. The summed E-state index contributed by atoms with van der Waals surface area (Å²) in [5, 5.41) is 11.1. The minimum Gasteiger partial charge on any atom is -0.507 e. The zero-order chi connectivity index (χ0) is 25.5. The van der Waals surface area contributed by atoms with E-state index in [0.29, 0.717) is 11.1 Å². The molecular formula is C28H34FNO3S. The van der Waals surface area contributed by atoms with Crippen LogP contribution in [0.4, 0.5) is 4.39 Å². The Labute approximate surface area is 202 Å². The van der Waals surface area contributed by atoms with E-state index >= 15 is 0 Å². The van der Waals surface area contributed by atoms with Crippen molar-refractivity contribution in [1.82, 2.24) is 4.72 Å². The van der Waals surface area contributed by atoms with E-state index in [-0.39, 0.29) is 21.5 Å². The van der Waals surface area contributed by atoms with Gasteiger partial charge in [-0.15, -0.1) is 0 Å². The Morgan fingerprint density at radius 1 is 0.794 bits per heavy atom. The molecule has 6 heteroatoms. The Bertz CT molecular complexity index is 1230. The van der Waals surface area contributed by atoms with Crippen LogP contribution in [-0.2, 0) is 20.9 Å². The van der Waals surface area contributed by atoms with Crippen molar-refractivity contribution in [2.75, 3.05) is 0 Å². The lowest BCUT2D eigenvalue weighted by Gasteiger charge is -2.30. The predicted molar refractivity (Wildman–Crippen MR) is 135 cm³/mol. The third-order valence-electron chi connectivity index (χ3n) is 5.89. The second-order valence-electron chi connectivity index (χ2n) is 10.9. The molecule has 0 saturated heterocycles. The smallest absolute Gasteiger partial charge is 0.241 e. The van der Waals surface area contributed by atoms with Crippen molar-refractivity contribution >= 4 is 10.0 Å². The monoisotopic (exact) mass is 483 g/mol. The number of aromatic hydroxyl groups is 1. The Morgan fingerprint density at radius 3 is 1.71 bits per heavy atom. The van der Waals surface area contributed by atoms with Gasteiger partial charge in [-0.05, 0) is 76.4 Å². The van der Waals surface area contributed by atoms with Gasteiger partial charge in [0.1, 0.15) is 11.6 Å². The molecule has 0 fully saturated rings. The molecule has 0 saturated carbocycles. The van der Waals surface area contributed by atoms with Crippen LogP contribution in [0.15, 0.2) is 65.6 Å². The average Bonchev–Trinajstić information content (AvgIpc) is 2.72. The fourth-order valence-electron chi connectivity index (χ4n) is 3.89. The highest BCUT2D eigenvalue weighted by molar-refractivity contribution is 7.89. The number of rotatable bonds is 5. The number of sulfonamides is 1. The quantitative estimate of drug-likeness (QED) is 0.435. The van der Waals surface area contributed by atoms with Gasteiger partial charge >= 0.3 is 0 Å². The number of phenols is 1. The van der Waals surface area contributed by atoms with E-state index in [4.69, 9.17) is 0 Å². The molecule has 3 rings (SSSR count). The van der Waals surface area contributed by atoms with Gasteiger partial charge in [-0.1, -0.05) is 71.4 Å². The molecule has 0 spiro atoms. The SMILES string of the molecule is Cc1ccc(S(=O)(=O)NC(c2ccc(F)cc2)c2cc(C(C)(C)C)c(O)c(C(C)(C)C)c2)cc1. The number of benzene rings is 3. The van der Waals surface area contributed by atoms with E-state index in [0.717, 1.165) is 16.7 Å². The molecule has 0 radical (unpaired) electrons. The number of aryl methyl sites for hydroxylation is 1. The van der Waals surface area contributed by atoms with E-state index in [9.17, 15) is 17.9 Å². The normalized spacial score (nSPS) is 13.6. The van der Waals surface area contributed by atoms with Crippen LogP contribution in [0.25, 0.3) is 0 Å². The molecule has 0 bridgehead atoms. The topological polar surface area (TPSA) is 66.4 Å². The first-order valence-corrected chi connectivity index (χ1v) is 12.8. The molecule has 0 amide bonds. The number of hydrogen-bond donors (Lipinski definition) is 2. The van der Waals surface area contributed by atoms with Gasteiger partial charge in [-0.2, -0.15) is 4.72 Å². The number of nitrogens with one attached hydrogen (secondary N) is 1. The largest absolute Gasteiger partial charge is 0.507 e. The zero-order valence-electron chi connectivity index (χ0n) is 20.9. The molecule has 0 heterocycles. The maximum atomic E-state index is 13.7. The van der Waals surface area contributed by atoms with Gasteiger partial charge in [0.15, 0.2) is 0 Å². The summed E-state index contributed by atoms with van der Waals surface area (Å²) in [6.45, 7) is 13.9. The zero-order valence-corrected chi connectivity index (χ0v) is 21.7. The second-order valence-corrected chi connectivity index (χ2v) is 12.6. The second kappa shape index (κ2) is 9.16. The van der Waals surface area contributed by atoms with Crippen molar-refractivity contribution in [3.05, 3.63) is 94.3 Å². The van der Waals surface area contributed by atoms with Crippen LogP contribution >= 0.6 is 0 Å². The van der Waals surface area contributed by atoms with E-state index in [2.05, 4.69) is 4.72 Å². The average molecular weight is 484 g/mol. The molecule has 0 aromatic heterocycles. The van der Waals surface area contributed by atoms with Crippen LogP contribution < -0.4 is 4.72 Å². The van der Waals surface area contributed by atoms with Gasteiger partial charge < -0.3 is 5.11 Å². The first-order chi connectivity index (χ1) is 15.6. The molecule has 0 aliphatic heterocycles. The van der Waals surface area contributed by atoms with Crippen LogP contribution in [0.3, 0.4) is 0 Å². The van der Waals surface area contributed by atoms with Crippen molar-refractivity contribution in [3.63, 3.8) is 0 Å². The Balaban J connectivity index is 2.25. The molecule has 34 heavy (non-hydrogen) atoms. The summed E-state index contributed by atoms with van der Waals surface area (Å²) in [6, 6.07) is 15.3. The first kappa shape index (κ1) is 25.9. The maximum Gasteiger partial charge on any atom is 0.241 e. The summed E-state index contributed by atoms with van der Waals surface area (Å²) in [5.41, 5.74) is 2.90. The summed E-state index contributed by atoms with van der Waals surface area (Å²) in [4.78, 5) is 0.149. The summed E-state index contributed by atoms with van der Waals surface area (Å²) in [7, 11) is -3.90. The first-order valence-electron chi connectivity index (χ1n) is 11.3. The van der Waals surface area contributed by atoms with Crippen LogP contribution in [0.5, 0.6) is 5.75 Å². The van der Waals surface area contributed by atoms with Crippen molar-refractivity contribution in [2.45, 2.75) is 70.2 Å². The molecule has 0 aliphatic carbocycles. The van der Waals surface area contributed by atoms with E-state index in [1.165, 1.54) is 12.1 Å². The van der Waals surface area contributed by atoms with Crippen LogP contribution in [-0.4, -0.2) is 13.5 Å². The summed E-state index contributed by atoms with van der Waals surface area (Å²) >= 11 is 0. The van der Waals surface area contributed by atoms with Gasteiger partial charge in [0.2, 0.25) is 10.0 Å². The van der Waals surface area contributed by atoms with E-state index in [1.807, 2.05) is 60.6 Å². The maximum absolute atomic E-state index is 13.7. The highest BCUT2D eigenvalue weighted by Gasteiger charge is 2.30. The molecule has 3 aromatic carbocycles. The van der Waals surface area contributed by atoms with Crippen molar-refractivity contribution in [2.24, 2.45) is 0 Å². The molecule has 4 nitrogen and oxygen atoms in total. The summed E-state index contributed by atoms with van der Waals surface area (Å²) in [5.74, 6) is -0.191. The molecule has 1 unspecified atom stereocenters. The lowest BCUT2D eigenvalue weighted by Crippen LogP contribution is -2.30. The lowest BCUT2D eigenvalue weighted by atomic mass is 9.77. The standard InChI is InChI=1S/C28H34FNO3S/c1-18-8-14-22(15-9-18)34(32,33)30-25(19-10-12-21(29)13-11-19)20-16-23(27(2,3)4)26(31)24(17-20)28(5,6)7/h8-17,25,30-31H,1-7H3. The van der Waals surface area contributed by atoms with Crippen molar-refractivity contribution in [1.29, 1.82) is 0 Å². The van der Waals surface area contributed by atoms with Crippen molar-refractivity contribution in [3.8, 4) is 5.75 Å². The minimum atomic E-state index is -3.90. The summed E-state index contributed by atoms with van der Waals surface area (Å²) in [6.07, 6.45) is 0. The van der Waals surface area contributed by atoms with Gasteiger partial charge in [-0.25, -0.2) is 12.8 Å². The molecular weight excluding hydrogens is 449 g/mol. The molecule has 1 atom stereocenters. The molecule has 2 N–H and O–H groups in total. The Morgan fingerprint density at radius 2 is 1.26 bits per heavy atom. The molecule has 182 valence electrons. The van der Waals surface area contributed by atoms with Crippen LogP contribution in [0.2, 0.25) is 0 Å². The van der Waals surface area contributed by atoms with E-state index in [1.54, 1.807) is 36.4 Å². The van der Waals surface area contributed by atoms with Crippen LogP contribution in [0, 0.1) is 12.7 Å². The van der Waals surface area contributed by atoms with Gasteiger partial charge in [0.25, 0.3) is 0 Å². The number of hydrogen-bond acceptors (Lipinski definition) is 3. The number of halogens is 1. The number of phenolic OH excluding ortho intramolecular Hbond substituents is 1. The summed E-state index contributed by atoms with van der Waals surface area (Å²) < 4.78 is 43.3. The third kappa shape index (κ3) is 5.68. The fraction of sp³-hybridized carbons (Fsp3) is 0.357. The lowest BCUT2D eigenvalue weighted by molar-refractivity contribution is 0.422. The fourth-order valence-corrected chi connectivity index (χ4v) is 5.10. The highest BCUT2D eigenvalue weighted by Crippen LogP contribution is 2.42. The highest BCUT2D eigenvalue weighted by atomic mass is 32.2. The van der Waals surface area contributed by atoms with Gasteiger partial charge in [-0.3, -0.25) is 0 Å². The van der Waals surface area contributed by atoms with Gasteiger partial charge in [0.05, 0.1) is 10.9 Å². The van der Waals surface area contributed by atoms with E-state index < -0.39 is 21.9 Å². The molecule has 3 aromatic rings. The molecule has 0 aliphatic rings. The minimum absolute atomic E-state index is 0.149.